The number of urea groups is 1. The molecule has 0 spiro atoms. The van der Waals surface area contributed by atoms with Crippen LogP contribution in [-0.4, -0.2) is 18.1 Å². The predicted molar refractivity (Wildman–Crippen MR) is 39.9 cm³/mol. The highest BCUT2D eigenvalue weighted by molar-refractivity contribution is 5.72. The number of primary amides is 1. The van der Waals surface area contributed by atoms with E-state index in [0.717, 1.165) is 19.3 Å². The normalized spacial score (nSPS) is 29.8. The molecule has 1 saturated carbocycles. The second-order valence-corrected chi connectivity index (χ2v) is 2.72. The molecule has 62 valence electrons. The lowest BCUT2D eigenvalue weighted by Gasteiger charge is -2.12. The van der Waals surface area contributed by atoms with Gasteiger partial charge in [-0.1, -0.05) is 5.18 Å². The Morgan fingerprint density at radius 1 is 1.55 bits per heavy atom. The lowest BCUT2D eigenvalue weighted by atomic mass is 10.2. The quantitative estimate of drug-likeness (QED) is 0.566. The molecule has 1 aliphatic carbocycles. The van der Waals surface area contributed by atoms with Crippen molar-refractivity contribution in [2.24, 2.45) is 10.9 Å². The standard InChI is InChI=1S/C6H11N3O2/c7-6(10)8-4-2-1-3-5(4)9-11/h4-5H,1-3H2,(H3,7,8,10)/t4-,5+/m1/s1. The van der Waals surface area contributed by atoms with Crippen LogP contribution in [0.4, 0.5) is 4.79 Å². The van der Waals surface area contributed by atoms with Gasteiger partial charge in [0, 0.05) is 0 Å². The fourth-order valence-corrected chi connectivity index (χ4v) is 1.42. The molecule has 0 aliphatic heterocycles. The zero-order valence-electron chi connectivity index (χ0n) is 6.12. The number of hydrogen-bond donors (Lipinski definition) is 2. The van der Waals surface area contributed by atoms with Crippen LogP contribution in [0.25, 0.3) is 0 Å². The second-order valence-electron chi connectivity index (χ2n) is 2.72. The highest BCUT2D eigenvalue weighted by atomic mass is 16.3. The first-order valence-corrected chi connectivity index (χ1v) is 3.62. The summed E-state index contributed by atoms with van der Waals surface area (Å²) in [5.41, 5.74) is 4.90. The molecule has 0 aromatic carbocycles. The summed E-state index contributed by atoms with van der Waals surface area (Å²) < 4.78 is 0. The number of hydrogen-bond acceptors (Lipinski definition) is 3. The third-order valence-electron chi connectivity index (χ3n) is 1.94. The zero-order chi connectivity index (χ0) is 8.27. The Balaban J connectivity index is 2.43. The molecule has 0 radical (unpaired) electrons. The summed E-state index contributed by atoms with van der Waals surface area (Å²) in [4.78, 5) is 20.5. The van der Waals surface area contributed by atoms with Gasteiger partial charge in [-0.2, -0.15) is 4.91 Å². The van der Waals surface area contributed by atoms with Gasteiger partial charge in [0.05, 0.1) is 6.04 Å². The Hall–Kier alpha value is -1.13. The summed E-state index contributed by atoms with van der Waals surface area (Å²) in [5, 5.41) is 5.39. The van der Waals surface area contributed by atoms with Gasteiger partial charge in [0.15, 0.2) is 0 Å². The van der Waals surface area contributed by atoms with Crippen LogP contribution in [0.1, 0.15) is 19.3 Å². The first-order valence-electron chi connectivity index (χ1n) is 3.62. The first-order chi connectivity index (χ1) is 5.24. The van der Waals surface area contributed by atoms with Gasteiger partial charge in [-0.25, -0.2) is 4.79 Å². The molecule has 0 heterocycles. The average molecular weight is 157 g/mol. The van der Waals surface area contributed by atoms with Gasteiger partial charge in [-0.05, 0) is 19.3 Å². The zero-order valence-corrected chi connectivity index (χ0v) is 6.12. The van der Waals surface area contributed by atoms with Crippen LogP contribution < -0.4 is 11.1 Å². The fraction of sp³-hybridized carbons (Fsp3) is 0.833. The average Bonchev–Trinajstić information content (AvgIpc) is 2.34. The van der Waals surface area contributed by atoms with Gasteiger partial charge in [0.1, 0.15) is 6.04 Å². The Kier molecular flexibility index (Phi) is 2.40. The largest absolute Gasteiger partial charge is 0.352 e. The number of carbonyl (C=O) groups is 1. The maximum absolute atomic E-state index is 10.4. The van der Waals surface area contributed by atoms with Crippen molar-refractivity contribution in [2.45, 2.75) is 31.3 Å². The van der Waals surface area contributed by atoms with Gasteiger partial charge < -0.3 is 11.1 Å². The Bertz CT molecular complexity index is 171. The number of rotatable bonds is 2. The summed E-state index contributed by atoms with van der Waals surface area (Å²) in [6, 6.07) is -0.988. The van der Waals surface area contributed by atoms with E-state index in [2.05, 4.69) is 10.5 Å². The molecule has 1 aliphatic rings. The summed E-state index contributed by atoms with van der Waals surface area (Å²) >= 11 is 0. The lowest BCUT2D eigenvalue weighted by Crippen LogP contribution is -2.42. The predicted octanol–water partition coefficient (Wildman–Crippen LogP) is 0.342. The molecule has 0 aromatic heterocycles. The van der Waals surface area contributed by atoms with E-state index >= 15 is 0 Å². The summed E-state index contributed by atoms with van der Waals surface area (Å²) in [6.07, 6.45) is 2.50. The van der Waals surface area contributed by atoms with Crippen molar-refractivity contribution in [1.29, 1.82) is 0 Å². The number of nitrogens with two attached hydrogens (primary N) is 1. The third kappa shape index (κ3) is 1.89. The lowest BCUT2D eigenvalue weighted by molar-refractivity contribution is 0.244. The first kappa shape index (κ1) is 7.97. The van der Waals surface area contributed by atoms with E-state index in [1.54, 1.807) is 0 Å². The van der Waals surface area contributed by atoms with Crippen molar-refractivity contribution in [2.75, 3.05) is 0 Å². The molecule has 0 bridgehead atoms. The Labute approximate surface area is 64.3 Å². The molecule has 11 heavy (non-hydrogen) atoms. The van der Waals surface area contributed by atoms with Crippen LogP contribution in [0.15, 0.2) is 5.18 Å². The van der Waals surface area contributed by atoms with Gasteiger partial charge in [-0.15, -0.1) is 0 Å². The van der Waals surface area contributed by atoms with E-state index in [-0.39, 0.29) is 12.1 Å². The molecular weight excluding hydrogens is 146 g/mol. The number of amides is 2. The molecule has 1 rings (SSSR count). The monoisotopic (exact) mass is 157 g/mol. The molecule has 0 saturated heterocycles. The molecule has 5 nitrogen and oxygen atoms in total. The Morgan fingerprint density at radius 2 is 2.27 bits per heavy atom. The number of nitrogens with zero attached hydrogens (tertiary/aromatic N) is 1. The number of nitroso groups, excluding NO2 is 1. The minimum Gasteiger partial charge on any atom is -0.352 e. The highest BCUT2D eigenvalue weighted by Gasteiger charge is 2.28. The van der Waals surface area contributed by atoms with Crippen LogP contribution in [0, 0.1) is 4.91 Å². The summed E-state index contributed by atoms with van der Waals surface area (Å²) in [6.45, 7) is 0. The summed E-state index contributed by atoms with van der Waals surface area (Å²) in [5.74, 6) is 0. The van der Waals surface area contributed by atoms with Crippen molar-refractivity contribution in [3.8, 4) is 0 Å². The second kappa shape index (κ2) is 3.32. The SMILES string of the molecule is NC(=O)N[C@@H]1CCC[C@@H]1N=O. The van der Waals surface area contributed by atoms with Crippen molar-refractivity contribution in [3.63, 3.8) is 0 Å². The molecule has 0 aromatic rings. The van der Waals surface area contributed by atoms with E-state index in [0.29, 0.717) is 0 Å². The molecule has 1 fully saturated rings. The molecule has 5 heteroatoms. The van der Waals surface area contributed by atoms with E-state index in [9.17, 15) is 9.70 Å². The van der Waals surface area contributed by atoms with Crippen LogP contribution in [0.2, 0.25) is 0 Å². The van der Waals surface area contributed by atoms with Gasteiger partial charge >= 0.3 is 6.03 Å². The number of nitrogens with one attached hydrogen (secondary N) is 1. The molecule has 0 unspecified atom stereocenters. The van der Waals surface area contributed by atoms with Crippen molar-refractivity contribution in [3.05, 3.63) is 4.91 Å². The fourth-order valence-electron chi connectivity index (χ4n) is 1.42. The minimum atomic E-state index is -0.578. The molecule has 2 amide bonds. The van der Waals surface area contributed by atoms with Gasteiger partial charge in [-0.3, -0.25) is 0 Å². The van der Waals surface area contributed by atoms with Crippen molar-refractivity contribution in [1.82, 2.24) is 5.32 Å². The maximum Gasteiger partial charge on any atom is 0.312 e. The van der Waals surface area contributed by atoms with E-state index in [1.807, 2.05) is 0 Å². The van der Waals surface area contributed by atoms with Crippen molar-refractivity contribution < 1.29 is 4.79 Å². The summed E-state index contributed by atoms with van der Waals surface area (Å²) in [7, 11) is 0. The molecule has 2 atom stereocenters. The van der Waals surface area contributed by atoms with Gasteiger partial charge in [0.25, 0.3) is 0 Å². The third-order valence-corrected chi connectivity index (χ3v) is 1.94. The minimum absolute atomic E-state index is 0.134. The highest BCUT2D eigenvalue weighted by Crippen LogP contribution is 2.21. The van der Waals surface area contributed by atoms with E-state index in [1.165, 1.54) is 0 Å². The maximum atomic E-state index is 10.4. The van der Waals surface area contributed by atoms with Crippen LogP contribution in [0.5, 0.6) is 0 Å². The Morgan fingerprint density at radius 3 is 2.82 bits per heavy atom. The van der Waals surface area contributed by atoms with E-state index in [4.69, 9.17) is 5.73 Å². The smallest absolute Gasteiger partial charge is 0.312 e. The van der Waals surface area contributed by atoms with Gasteiger partial charge in [0.2, 0.25) is 0 Å². The van der Waals surface area contributed by atoms with Crippen LogP contribution in [0.3, 0.4) is 0 Å². The number of carbonyl (C=O) groups excluding carboxylic acids is 1. The topological polar surface area (TPSA) is 84.6 Å². The van der Waals surface area contributed by atoms with E-state index < -0.39 is 6.03 Å². The van der Waals surface area contributed by atoms with Crippen LogP contribution in [-0.2, 0) is 0 Å². The van der Waals surface area contributed by atoms with Crippen molar-refractivity contribution >= 4 is 6.03 Å². The molecule has 3 N–H and O–H groups in total. The molecular formula is C6H11N3O2. The van der Waals surface area contributed by atoms with Crippen LogP contribution >= 0.6 is 0 Å².